The van der Waals surface area contributed by atoms with E-state index in [1.807, 2.05) is 25.1 Å². The summed E-state index contributed by atoms with van der Waals surface area (Å²) in [6.45, 7) is 13.4. The van der Waals surface area contributed by atoms with Crippen molar-refractivity contribution < 1.29 is 14.3 Å². The molecule has 0 unspecified atom stereocenters. The maximum absolute atomic E-state index is 13.8. The molecule has 0 saturated heterocycles. The van der Waals surface area contributed by atoms with Crippen LogP contribution < -0.4 is 14.4 Å². The van der Waals surface area contributed by atoms with Gasteiger partial charge in [-0.25, -0.2) is 4.98 Å². The number of carbonyl (C=O) groups excluding carboxylic acids is 1. The maximum atomic E-state index is 13.8. The van der Waals surface area contributed by atoms with Gasteiger partial charge in [-0.05, 0) is 70.3 Å². The second-order valence-corrected chi connectivity index (χ2v) is 9.53. The lowest BCUT2D eigenvalue weighted by atomic mass is 10.1. The average Bonchev–Trinajstić information content (AvgIpc) is 3.23. The first-order chi connectivity index (χ1) is 15.8. The Bertz CT molecular complexity index is 1060. The number of hydrogen-bond donors (Lipinski definition) is 0. The summed E-state index contributed by atoms with van der Waals surface area (Å²) in [4.78, 5) is 22.7. The van der Waals surface area contributed by atoms with Crippen molar-refractivity contribution in [2.75, 3.05) is 37.7 Å². The summed E-state index contributed by atoms with van der Waals surface area (Å²) in [6, 6.07) is 12.9. The van der Waals surface area contributed by atoms with Gasteiger partial charge in [0.2, 0.25) is 0 Å². The van der Waals surface area contributed by atoms with Gasteiger partial charge in [-0.15, -0.1) is 0 Å². The van der Waals surface area contributed by atoms with E-state index in [-0.39, 0.29) is 5.91 Å². The number of fused-ring (bicyclic) bond motifs is 1. The summed E-state index contributed by atoms with van der Waals surface area (Å²) in [6.07, 6.45) is 0. The minimum atomic E-state index is -1.10. The Morgan fingerprint density at radius 1 is 1.06 bits per heavy atom. The molecule has 3 aromatic rings. The third-order valence-electron chi connectivity index (χ3n) is 5.38. The molecule has 0 aliphatic heterocycles. The first-order valence-corrected chi connectivity index (χ1v) is 12.5. The number of amides is 1. The lowest BCUT2D eigenvalue weighted by Crippen LogP contribution is -2.51. The van der Waals surface area contributed by atoms with Gasteiger partial charge < -0.3 is 14.4 Å². The van der Waals surface area contributed by atoms with Gasteiger partial charge in [0.25, 0.3) is 5.91 Å². The quantitative estimate of drug-likeness (QED) is 0.336. The monoisotopic (exact) mass is 489 g/mol. The van der Waals surface area contributed by atoms with Gasteiger partial charge in [0.1, 0.15) is 17.0 Å². The highest BCUT2D eigenvalue weighted by Crippen LogP contribution is 2.35. The summed E-state index contributed by atoms with van der Waals surface area (Å²) in [5.74, 6) is 1.16. The van der Waals surface area contributed by atoms with Crippen LogP contribution >= 0.6 is 22.9 Å². The third kappa shape index (κ3) is 6.16. The first kappa shape index (κ1) is 25.3. The van der Waals surface area contributed by atoms with E-state index in [9.17, 15) is 4.79 Å². The van der Waals surface area contributed by atoms with Gasteiger partial charge in [0, 0.05) is 18.1 Å². The molecule has 0 aliphatic rings. The summed E-state index contributed by atoms with van der Waals surface area (Å²) in [7, 11) is 0. The van der Waals surface area contributed by atoms with Crippen molar-refractivity contribution in [3.05, 3.63) is 47.5 Å². The van der Waals surface area contributed by atoms with E-state index in [1.165, 1.54) is 11.3 Å². The van der Waals surface area contributed by atoms with E-state index in [2.05, 4.69) is 18.7 Å². The number of rotatable bonds is 11. The normalized spacial score (nSPS) is 11.7. The van der Waals surface area contributed by atoms with Crippen LogP contribution in [0.1, 0.15) is 34.6 Å². The summed E-state index contributed by atoms with van der Waals surface area (Å²) in [5, 5.41) is 1.26. The number of hydrogen-bond acceptors (Lipinski definition) is 6. The first-order valence-electron chi connectivity index (χ1n) is 11.3. The smallest absolute Gasteiger partial charge is 0.272 e. The molecule has 33 heavy (non-hydrogen) atoms. The van der Waals surface area contributed by atoms with Crippen molar-refractivity contribution >= 4 is 44.2 Å². The Balaban J connectivity index is 1.94. The van der Waals surface area contributed by atoms with Crippen LogP contribution in [0.3, 0.4) is 0 Å². The van der Waals surface area contributed by atoms with Crippen LogP contribution in [0.15, 0.2) is 42.5 Å². The number of aromatic nitrogens is 1. The SMILES string of the molecule is CCOc1cccc2sc(N(CCN(CC)CC)C(=O)C(C)(C)Oc3ccc(Cl)cc3)nc12. The number of likely N-dealkylation sites (N-methyl/N-ethyl adjacent to an activating group) is 1. The van der Waals surface area contributed by atoms with E-state index in [0.29, 0.717) is 29.1 Å². The van der Waals surface area contributed by atoms with Gasteiger partial charge in [0.15, 0.2) is 10.7 Å². The molecule has 3 rings (SSSR count). The molecule has 8 heteroatoms. The van der Waals surface area contributed by atoms with Gasteiger partial charge >= 0.3 is 0 Å². The zero-order valence-corrected chi connectivity index (χ0v) is 21.5. The van der Waals surface area contributed by atoms with Crippen LogP contribution in [0.25, 0.3) is 10.2 Å². The molecule has 1 aromatic heterocycles. The van der Waals surface area contributed by atoms with Crippen molar-refractivity contribution in [3.63, 3.8) is 0 Å². The number of benzene rings is 2. The molecule has 0 saturated carbocycles. The van der Waals surface area contributed by atoms with Gasteiger partial charge in [-0.2, -0.15) is 0 Å². The van der Waals surface area contributed by atoms with Crippen LogP contribution in [-0.4, -0.2) is 54.2 Å². The molecule has 0 fully saturated rings. The molecule has 0 bridgehead atoms. The fourth-order valence-corrected chi connectivity index (χ4v) is 4.66. The summed E-state index contributed by atoms with van der Waals surface area (Å²) < 4.78 is 12.8. The summed E-state index contributed by atoms with van der Waals surface area (Å²) >= 11 is 7.48. The second-order valence-electron chi connectivity index (χ2n) is 8.08. The van der Waals surface area contributed by atoms with Gasteiger partial charge in [0.05, 0.1) is 11.3 Å². The van der Waals surface area contributed by atoms with E-state index < -0.39 is 5.60 Å². The average molecular weight is 490 g/mol. The molecule has 2 aromatic carbocycles. The highest BCUT2D eigenvalue weighted by atomic mass is 35.5. The predicted molar refractivity (Wildman–Crippen MR) is 137 cm³/mol. The van der Waals surface area contributed by atoms with Crippen molar-refractivity contribution in [2.24, 2.45) is 0 Å². The second kappa shape index (κ2) is 11.2. The van der Waals surface area contributed by atoms with E-state index in [1.54, 1.807) is 43.0 Å². The molecule has 6 nitrogen and oxygen atoms in total. The lowest BCUT2D eigenvalue weighted by Gasteiger charge is -2.32. The minimum absolute atomic E-state index is 0.151. The third-order valence-corrected chi connectivity index (χ3v) is 6.68. The van der Waals surface area contributed by atoms with E-state index >= 15 is 0 Å². The molecule has 0 radical (unpaired) electrons. The van der Waals surface area contributed by atoms with Crippen LogP contribution in [-0.2, 0) is 4.79 Å². The fourth-order valence-electron chi connectivity index (χ4n) is 3.53. The largest absolute Gasteiger partial charge is 0.492 e. The number of anilines is 1. The molecule has 1 heterocycles. The maximum Gasteiger partial charge on any atom is 0.272 e. The van der Waals surface area contributed by atoms with Crippen LogP contribution in [0.5, 0.6) is 11.5 Å². The standard InChI is InChI=1S/C25H32ClN3O3S/c1-6-28(7-2)16-17-29(23(30)25(4,5)32-19-14-12-18(26)13-15-19)24-27-22-20(31-8-3)10-9-11-21(22)33-24/h9-15H,6-8,16-17H2,1-5H3. The highest BCUT2D eigenvalue weighted by Gasteiger charge is 2.36. The van der Waals surface area contributed by atoms with Crippen molar-refractivity contribution in [2.45, 2.75) is 40.2 Å². The van der Waals surface area contributed by atoms with Crippen LogP contribution in [0.2, 0.25) is 5.02 Å². The Morgan fingerprint density at radius 3 is 2.39 bits per heavy atom. The van der Waals surface area contributed by atoms with Crippen molar-refractivity contribution in [3.8, 4) is 11.5 Å². The fraction of sp³-hybridized carbons (Fsp3) is 0.440. The number of nitrogens with zero attached hydrogens (tertiary/aromatic N) is 3. The highest BCUT2D eigenvalue weighted by molar-refractivity contribution is 7.22. The Kier molecular flexibility index (Phi) is 8.57. The number of carbonyl (C=O) groups is 1. The van der Waals surface area contributed by atoms with Crippen LogP contribution in [0, 0.1) is 0 Å². The number of ether oxygens (including phenoxy) is 2. The molecular weight excluding hydrogens is 458 g/mol. The Hall–Kier alpha value is -2.35. The number of halogens is 1. The van der Waals surface area contributed by atoms with Crippen molar-refractivity contribution in [1.82, 2.24) is 9.88 Å². The molecule has 0 atom stereocenters. The van der Waals surface area contributed by atoms with Crippen molar-refractivity contribution in [1.29, 1.82) is 0 Å². The van der Waals surface area contributed by atoms with Crippen LogP contribution in [0.4, 0.5) is 5.13 Å². The number of thiazole rings is 1. The molecule has 1 amide bonds. The zero-order chi connectivity index (χ0) is 24.0. The number of para-hydroxylation sites is 1. The summed E-state index contributed by atoms with van der Waals surface area (Å²) in [5.41, 5.74) is -0.325. The Morgan fingerprint density at radius 2 is 1.76 bits per heavy atom. The topological polar surface area (TPSA) is 54.9 Å². The molecule has 0 N–H and O–H groups in total. The molecule has 0 aliphatic carbocycles. The molecule has 178 valence electrons. The van der Waals surface area contributed by atoms with Gasteiger partial charge in [-0.1, -0.05) is 42.9 Å². The Labute approximate surface area is 205 Å². The van der Waals surface area contributed by atoms with E-state index in [0.717, 1.165) is 35.6 Å². The molecular formula is C25H32ClN3O3S. The molecule has 0 spiro atoms. The lowest BCUT2D eigenvalue weighted by molar-refractivity contribution is -0.131. The predicted octanol–water partition coefficient (Wildman–Crippen LogP) is 5.88. The minimum Gasteiger partial charge on any atom is -0.492 e. The van der Waals surface area contributed by atoms with Gasteiger partial charge in [-0.3, -0.25) is 9.69 Å². The van der Waals surface area contributed by atoms with E-state index in [4.69, 9.17) is 26.1 Å². The zero-order valence-electron chi connectivity index (χ0n) is 19.9.